The van der Waals surface area contributed by atoms with Crippen LogP contribution in [0.1, 0.15) is 31.4 Å². The first kappa shape index (κ1) is 10.5. The Balaban J connectivity index is 1.64. The number of nitriles is 1. The molecule has 0 aromatic carbocycles. The molecule has 3 heterocycles. The van der Waals surface area contributed by atoms with Gasteiger partial charge in [0.2, 0.25) is 0 Å². The van der Waals surface area contributed by atoms with Crippen LogP contribution < -0.4 is 10.6 Å². The van der Waals surface area contributed by atoms with Crippen LogP contribution in [0, 0.1) is 11.3 Å². The van der Waals surface area contributed by atoms with Gasteiger partial charge < -0.3 is 10.6 Å². The molecule has 0 spiro atoms. The summed E-state index contributed by atoms with van der Waals surface area (Å²) < 4.78 is 0. The van der Waals surface area contributed by atoms with E-state index >= 15 is 0 Å². The molecular formula is C12H15N5. The van der Waals surface area contributed by atoms with Crippen molar-refractivity contribution in [1.82, 2.24) is 15.3 Å². The van der Waals surface area contributed by atoms with Gasteiger partial charge in [0.15, 0.2) is 5.69 Å². The summed E-state index contributed by atoms with van der Waals surface area (Å²) in [5.74, 6) is 0.773. The van der Waals surface area contributed by atoms with Gasteiger partial charge in [-0.05, 0) is 25.7 Å². The molecular weight excluding hydrogens is 214 g/mol. The SMILES string of the molecule is N#Cc1cnc(NC2CC3CCC(C2)N3)cn1. The van der Waals surface area contributed by atoms with E-state index < -0.39 is 0 Å². The minimum absolute atomic E-state index is 0.362. The van der Waals surface area contributed by atoms with Crippen LogP contribution in [0.4, 0.5) is 5.82 Å². The van der Waals surface area contributed by atoms with Crippen LogP contribution in [0.2, 0.25) is 0 Å². The monoisotopic (exact) mass is 229 g/mol. The number of aromatic nitrogens is 2. The molecule has 0 radical (unpaired) electrons. The molecule has 0 amide bonds. The summed E-state index contributed by atoms with van der Waals surface area (Å²) in [6.07, 6.45) is 8.04. The second-order valence-electron chi connectivity index (χ2n) is 4.85. The van der Waals surface area contributed by atoms with Crippen LogP contribution in [-0.2, 0) is 0 Å². The summed E-state index contributed by atoms with van der Waals surface area (Å²) in [4.78, 5) is 8.21. The lowest BCUT2D eigenvalue weighted by atomic mass is 10.00. The summed E-state index contributed by atoms with van der Waals surface area (Å²) >= 11 is 0. The van der Waals surface area contributed by atoms with E-state index in [1.165, 1.54) is 19.0 Å². The third kappa shape index (κ3) is 2.22. The van der Waals surface area contributed by atoms with Crippen LogP contribution in [0.15, 0.2) is 12.4 Å². The molecule has 0 aliphatic carbocycles. The Labute approximate surface area is 100 Å². The van der Waals surface area contributed by atoms with Crippen molar-refractivity contribution in [1.29, 1.82) is 5.26 Å². The topological polar surface area (TPSA) is 73.6 Å². The number of hydrogen-bond acceptors (Lipinski definition) is 5. The van der Waals surface area contributed by atoms with Gasteiger partial charge in [0.25, 0.3) is 0 Å². The van der Waals surface area contributed by atoms with Crippen LogP contribution >= 0.6 is 0 Å². The Kier molecular flexibility index (Phi) is 2.65. The van der Waals surface area contributed by atoms with Crippen LogP contribution in [0.25, 0.3) is 0 Å². The maximum atomic E-state index is 8.65. The average molecular weight is 229 g/mol. The lowest BCUT2D eigenvalue weighted by Gasteiger charge is -2.29. The quantitative estimate of drug-likeness (QED) is 0.792. The van der Waals surface area contributed by atoms with Crippen molar-refractivity contribution in [3.05, 3.63) is 18.1 Å². The van der Waals surface area contributed by atoms with Gasteiger partial charge in [-0.2, -0.15) is 5.26 Å². The zero-order chi connectivity index (χ0) is 11.7. The summed E-state index contributed by atoms with van der Waals surface area (Å²) in [6.45, 7) is 0. The molecule has 5 heteroatoms. The maximum Gasteiger partial charge on any atom is 0.158 e. The first-order valence-corrected chi connectivity index (χ1v) is 6.08. The van der Waals surface area contributed by atoms with Crippen LogP contribution in [0.5, 0.6) is 0 Å². The molecule has 2 fully saturated rings. The predicted molar refractivity (Wildman–Crippen MR) is 63.3 cm³/mol. The van der Waals surface area contributed by atoms with E-state index in [1.54, 1.807) is 6.20 Å². The lowest BCUT2D eigenvalue weighted by Crippen LogP contribution is -2.43. The molecule has 2 saturated heterocycles. The summed E-state index contributed by atoms with van der Waals surface area (Å²) in [6, 6.07) is 3.78. The minimum Gasteiger partial charge on any atom is -0.366 e. The first-order chi connectivity index (χ1) is 8.33. The largest absolute Gasteiger partial charge is 0.366 e. The summed E-state index contributed by atoms with van der Waals surface area (Å²) in [5.41, 5.74) is 0.362. The molecule has 2 bridgehead atoms. The van der Waals surface area contributed by atoms with Gasteiger partial charge in [0.1, 0.15) is 11.9 Å². The smallest absolute Gasteiger partial charge is 0.158 e. The van der Waals surface area contributed by atoms with Crippen molar-refractivity contribution in [3.63, 3.8) is 0 Å². The highest BCUT2D eigenvalue weighted by molar-refractivity contribution is 5.34. The van der Waals surface area contributed by atoms with Gasteiger partial charge in [-0.3, -0.25) is 0 Å². The van der Waals surface area contributed by atoms with Gasteiger partial charge in [0.05, 0.1) is 12.4 Å². The van der Waals surface area contributed by atoms with E-state index in [9.17, 15) is 0 Å². The van der Waals surface area contributed by atoms with Crippen molar-refractivity contribution < 1.29 is 0 Å². The zero-order valence-electron chi connectivity index (χ0n) is 9.56. The molecule has 2 aliphatic rings. The van der Waals surface area contributed by atoms with Crippen LogP contribution in [0.3, 0.4) is 0 Å². The fraction of sp³-hybridized carbons (Fsp3) is 0.583. The molecule has 3 rings (SSSR count). The van der Waals surface area contributed by atoms with Crippen molar-refractivity contribution in [3.8, 4) is 6.07 Å². The van der Waals surface area contributed by atoms with E-state index in [0.29, 0.717) is 23.8 Å². The number of anilines is 1. The highest BCUT2D eigenvalue weighted by atomic mass is 15.1. The van der Waals surface area contributed by atoms with Gasteiger partial charge in [0, 0.05) is 18.1 Å². The standard InChI is InChI=1S/C12H15N5/c13-5-11-6-15-12(7-14-11)17-10-3-8-1-2-9(4-10)16-8/h6-10,16H,1-4H2,(H,15,17). The maximum absolute atomic E-state index is 8.65. The normalized spacial score (nSPS) is 30.9. The molecule has 2 atom stereocenters. The van der Waals surface area contributed by atoms with E-state index in [2.05, 4.69) is 20.6 Å². The van der Waals surface area contributed by atoms with Gasteiger partial charge >= 0.3 is 0 Å². The molecule has 0 saturated carbocycles. The zero-order valence-corrected chi connectivity index (χ0v) is 9.56. The number of nitrogens with zero attached hydrogens (tertiary/aromatic N) is 3. The Morgan fingerprint density at radius 3 is 2.59 bits per heavy atom. The van der Waals surface area contributed by atoms with Crippen molar-refractivity contribution >= 4 is 5.82 Å². The van der Waals surface area contributed by atoms with E-state index in [0.717, 1.165) is 18.7 Å². The molecule has 2 N–H and O–H groups in total. The van der Waals surface area contributed by atoms with Gasteiger partial charge in [-0.1, -0.05) is 0 Å². The predicted octanol–water partition coefficient (Wildman–Crippen LogP) is 1.04. The van der Waals surface area contributed by atoms with Gasteiger partial charge in [-0.25, -0.2) is 9.97 Å². The molecule has 88 valence electrons. The molecule has 2 aliphatic heterocycles. The third-order valence-corrected chi connectivity index (χ3v) is 3.59. The van der Waals surface area contributed by atoms with E-state index in [4.69, 9.17) is 5.26 Å². The fourth-order valence-electron chi connectivity index (χ4n) is 2.84. The molecule has 17 heavy (non-hydrogen) atoms. The van der Waals surface area contributed by atoms with E-state index in [-0.39, 0.29) is 0 Å². The fourth-order valence-corrected chi connectivity index (χ4v) is 2.84. The van der Waals surface area contributed by atoms with Crippen molar-refractivity contribution in [2.24, 2.45) is 0 Å². The van der Waals surface area contributed by atoms with Crippen molar-refractivity contribution in [2.75, 3.05) is 5.32 Å². The minimum atomic E-state index is 0.362. The highest BCUT2D eigenvalue weighted by Crippen LogP contribution is 2.28. The Hall–Kier alpha value is -1.67. The lowest BCUT2D eigenvalue weighted by molar-refractivity contribution is 0.377. The number of rotatable bonds is 2. The molecule has 2 unspecified atom stereocenters. The number of nitrogens with one attached hydrogen (secondary N) is 2. The number of fused-ring (bicyclic) bond motifs is 2. The van der Waals surface area contributed by atoms with Crippen LogP contribution in [-0.4, -0.2) is 28.1 Å². The molecule has 1 aromatic rings. The van der Waals surface area contributed by atoms with Crippen molar-refractivity contribution in [2.45, 2.75) is 43.8 Å². The summed E-state index contributed by atoms with van der Waals surface area (Å²) in [5, 5.41) is 15.7. The second kappa shape index (κ2) is 4.30. The van der Waals surface area contributed by atoms with Gasteiger partial charge in [-0.15, -0.1) is 0 Å². The Bertz CT molecular complexity index is 423. The Morgan fingerprint density at radius 1 is 1.24 bits per heavy atom. The first-order valence-electron chi connectivity index (χ1n) is 6.08. The molecule has 5 nitrogen and oxygen atoms in total. The third-order valence-electron chi connectivity index (χ3n) is 3.59. The second-order valence-corrected chi connectivity index (χ2v) is 4.85. The average Bonchev–Trinajstić information content (AvgIpc) is 2.70. The summed E-state index contributed by atoms with van der Waals surface area (Å²) in [7, 11) is 0. The molecule has 1 aromatic heterocycles. The highest BCUT2D eigenvalue weighted by Gasteiger charge is 2.33. The number of piperidine rings is 1. The van der Waals surface area contributed by atoms with E-state index in [1.807, 2.05) is 6.07 Å². The Morgan fingerprint density at radius 2 is 2.00 bits per heavy atom. The number of hydrogen-bond donors (Lipinski definition) is 2.